The van der Waals surface area contributed by atoms with E-state index in [1.165, 1.54) is 11.3 Å². The summed E-state index contributed by atoms with van der Waals surface area (Å²) >= 11 is 0. The Labute approximate surface area is 169 Å². The summed E-state index contributed by atoms with van der Waals surface area (Å²) in [6.07, 6.45) is 1.34. The molecule has 0 saturated heterocycles. The summed E-state index contributed by atoms with van der Waals surface area (Å²) < 4.78 is 7.74. The molecule has 5 heteroatoms. The number of rotatable bonds is 9. The Hall–Kier alpha value is -2.30. The van der Waals surface area contributed by atoms with Crippen molar-refractivity contribution in [3.05, 3.63) is 46.8 Å². The zero-order valence-electron chi connectivity index (χ0n) is 18.4. The number of nitrogens with zero attached hydrogens (tertiary/aromatic N) is 2. The molecule has 1 atom stereocenters. The van der Waals surface area contributed by atoms with Crippen LogP contribution in [0.2, 0.25) is 0 Å². The van der Waals surface area contributed by atoms with Gasteiger partial charge in [0.1, 0.15) is 5.75 Å². The molecular weight excluding hydrogens is 350 g/mol. The SMILES string of the molecule is Cc1nn(CC(C)C)c(C)c1CCC(=O)NC(C)c1ccc(OC(C)C)cc1. The normalized spacial score (nSPS) is 12.5. The molecule has 1 aromatic carbocycles. The van der Waals surface area contributed by atoms with Crippen LogP contribution in [0.1, 0.15) is 69.6 Å². The van der Waals surface area contributed by atoms with Gasteiger partial charge in [0.15, 0.2) is 0 Å². The van der Waals surface area contributed by atoms with Gasteiger partial charge in [0, 0.05) is 18.7 Å². The molecule has 1 unspecified atom stereocenters. The van der Waals surface area contributed by atoms with Gasteiger partial charge in [-0.2, -0.15) is 5.10 Å². The summed E-state index contributed by atoms with van der Waals surface area (Å²) in [5.41, 5.74) is 4.47. The van der Waals surface area contributed by atoms with E-state index >= 15 is 0 Å². The average Bonchev–Trinajstić information content (AvgIpc) is 2.86. The molecule has 0 aliphatic heterocycles. The summed E-state index contributed by atoms with van der Waals surface area (Å²) in [6, 6.07) is 7.88. The molecule has 1 heterocycles. The van der Waals surface area contributed by atoms with Gasteiger partial charge in [0.25, 0.3) is 0 Å². The van der Waals surface area contributed by atoms with Crippen LogP contribution in [0.15, 0.2) is 24.3 Å². The third-order valence-electron chi connectivity index (χ3n) is 4.80. The molecule has 154 valence electrons. The van der Waals surface area contributed by atoms with Crippen molar-refractivity contribution in [3.63, 3.8) is 0 Å². The number of benzene rings is 1. The Bertz CT molecular complexity index is 776. The van der Waals surface area contributed by atoms with Crippen LogP contribution in [0.4, 0.5) is 0 Å². The third-order valence-corrected chi connectivity index (χ3v) is 4.80. The number of hydrogen-bond donors (Lipinski definition) is 1. The standard InChI is InChI=1S/C23H35N3O2/c1-15(2)14-26-19(7)22(18(6)25-26)12-13-23(27)24-17(5)20-8-10-21(11-9-20)28-16(3)4/h8-11,15-17H,12-14H2,1-7H3,(H,24,27). The molecule has 0 saturated carbocycles. The van der Waals surface area contributed by atoms with Crippen LogP contribution in [-0.2, 0) is 17.8 Å². The fourth-order valence-electron chi connectivity index (χ4n) is 3.36. The molecule has 1 aromatic heterocycles. The van der Waals surface area contributed by atoms with Crippen LogP contribution >= 0.6 is 0 Å². The van der Waals surface area contributed by atoms with Crippen LogP contribution in [0.3, 0.4) is 0 Å². The molecule has 28 heavy (non-hydrogen) atoms. The second kappa shape index (κ2) is 9.76. The number of nitrogens with one attached hydrogen (secondary N) is 1. The van der Waals surface area contributed by atoms with Crippen molar-refractivity contribution in [3.8, 4) is 5.75 Å². The van der Waals surface area contributed by atoms with Crippen LogP contribution in [-0.4, -0.2) is 21.8 Å². The minimum atomic E-state index is -0.0357. The molecule has 1 amide bonds. The van der Waals surface area contributed by atoms with Gasteiger partial charge in [-0.3, -0.25) is 9.48 Å². The summed E-state index contributed by atoms with van der Waals surface area (Å²) in [7, 11) is 0. The van der Waals surface area contributed by atoms with Crippen LogP contribution in [0.25, 0.3) is 0 Å². The lowest BCUT2D eigenvalue weighted by atomic mass is 10.1. The first-order valence-electron chi connectivity index (χ1n) is 10.3. The summed E-state index contributed by atoms with van der Waals surface area (Å²) in [4.78, 5) is 12.5. The third kappa shape index (κ3) is 6.11. The predicted molar refractivity (Wildman–Crippen MR) is 114 cm³/mol. The molecule has 1 N–H and O–H groups in total. The Morgan fingerprint density at radius 2 is 1.75 bits per heavy atom. The molecular formula is C23H35N3O2. The van der Waals surface area contributed by atoms with E-state index in [4.69, 9.17) is 4.74 Å². The van der Waals surface area contributed by atoms with Crippen molar-refractivity contribution < 1.29 is 9.53 Å². The molecule has 2 rings (SSSR count). The lowest BCUT2D eigenvalue weighted by Gasteiger charge is -2.16. The fourth-order valence-corrected chi connectivity index (χ4v) is 3.36. The van der Waals surface area contributed by atoms with Gasteiger partial charge in [-0.1, -0.05) is 26.0 Å². The van der Waals surface area contributed by atoms with Gasteiger partial charge < -0.3 is 10.1 Å². The molecule has 0 bridgehead atoms. The van der Waals surface area contributed by atoms with E-state index in [2.05, 4.69) is 35.9 Å². The maximum absolute atomic E-state index is 12.5. The maximum Gasteiger partial charge on any atom is 0.220 e. The van der Waals surface area contributed by atoms with Crippen molar-refractivity contribution in [2.24, 2.45) is 5.92 Å². The zero-order valence-corrected chi connectivity index (χ0v) is 18.4. The van der Waals surface area contributed by atoms with Crippen molar-refractivity contribution in [2.45, 2.75) is 80.0 Å². The highest BCUT2D eigenvalue weighted by atomic mass is 16.5. The topological polar surface area (TPSA) is 56.2 Å². The maximum atomic E-state index is 12.5. The van der Waals surface area contributed by atoms with E-state index in [1.54, 1.807) is 0 Å². The molecule has 0 aliphatic rings. The first-order chi connectivity index (χ1) is 13.2. The van der Waals surface area contributed by atoms with E-state index in [0.29, 0.717) is 12.3 Å². The lowest BCUT2D eigenvalue weighted by Crippen LogP contribution is -2.26. The largest absolute Gasteiger partial charge is 0.491 e. The van der Waals surface area contributed by atoms with Gasteiger partial charge in [-0.25, -0.2) is 0 Å². The van der Waals surface area contributed by atoms with Gasteiger partial charge in [-0.05, 0) is 70.2 Å². The summed E-state index contributed by atoms with van der Waals surface area (Å²) in [6.45, 7) is 15.4. The molecule has 0 radical (unpaired) electrons. The molecule has 0 aliphatic carbocycles. The highest BCUT2D eigenvalue weighted by molar-refractivity contribution is 5.76. The average molecular weight is 386 g/mol. The van der Waals surface area contributed by atoms with Crippen molar-refractivity contribution in [1.29, 1.82) is 0 Å². The van der Waals surface area contributed by atoms with Crippen molar-refractivity contribution >= 4 is 5.91 Å². The van der Waals surface area contributed by atoms with Gasteiger partial charge >= 0.3 is 0 Å². The lowest BCUT2D eigenvalue weighted by molar-refractivity contribution is -0.121. The first-order valence-corrected chi connectivity index (χ1v) is 10.3. The number of ether oxygens (including phenoxy) is 1. The highest BCUT2D eigenvalue weighted by Crippen LogP contribution is 2.20. The first kappa shape index (κ1) is 22.0. The number of amides is 1. The summed E-state index contributed by atoms with van der Waals surface area (Å²) in [5.74, 6) is 1.46. The van der Waals surface area contributed by atoms with E-state index in [9.17, 15) is 4.79 Å². The zero-order chi connectivity index (χ0) is 20.8. The molecule has 5 nitrogen and oxygen atoms in total. The minimum absolute atomic E-state index is 0.0357. The summed E-state index contributed by atoms with van der Waals surface area (Å²) in [5, 5.41) is 7.74. The minimum Gasteiger partial charge on any atom is -0.491 e. The Kier molecular flexibility index (Phi) is 7.67. The van der Waals surface area contributed by atoms with Gasteiger partial charge in [0.2, 0.25) is 5.91 Å². The number of aryl methyl sites for hydroxylation is 1. The Morgan fingerprint density at radius 1 is 1.11 bits per heavy atom. The van der Waals surface area contributed by atoms with Crippen LogP contribution < -0.4 is 10.1 Å². The smallest absolute Gasteiger partial charge is 0.220 e. The van der Waals surface area contributed by atoms with Crippen molar-refractivity contribution in [2.75, 3.05) is 0 Å². The van der Waals surface area contributed by atoms with E-state index in [-0.39, 0.29) is 18.1 Å². The van der Waals surface area contributed by atoms with E-state index in [0.717, 1.165) is 30.0 Å². The molecule has 2 aromatic rings. The Balaban J connectivity index is 1.91. The second-order valence-electron chi connectivity index (χ2n) is 8.25. The van der Waals surface area contributed by atoms with Gasteiger partial charge in [0.05, 0.1) is 17.8 Å². The van der Waals surface area contributed by atoms with Crippen LogP contribution in [0.5, 0.6) is 5.75 Å². The van der Waals surface area contributed by atoms with Crippen LogP contribution in [0, 0.1) is 19.8 Å². The predicted octanol–water partition coefficient (Wildman–Crippen LogP) is 4.75. The molecule has 0 spiro atoms. The van der Waals surface area contributed by atoms with E-state index < -0.39 is 0 Å². The quantitative estimate of drug-likeness (QED) is 0.677. The van der Waals surface area contributed by atoms with Gasteiger partial charge in [-0.15, -0.1) is 0 Å². The second-order valence-corrected chi connectivity index (χ2v) is 8.25. The number of carbonyl (C=O) groups is 1. The Morgan fingerprint density at radius 3 is 2.32 bits per heavy atom. The number of aromatic nitrogens is 2. The van der Waals surface area contributed by atoms with Crippen molar-refractivity contribution in [1.82, 2.24) is 15.1 Å². The number of hydrogen-bond acceptors (Lipinski definition) is 3. The highest BCUT2D eigenvalue weighted by Gasteiger charge is 2.15. The molecule has 0 fully saturated rings. The number of carbonyl (C=O) groups excluding carboxylic acids is 1. The van der Waals surface area contributed by atoms with E-state index in [1.807, 2.05) is 52.0 Å². The monoisotopic (exact) mass is 385 g/mol. The fraction of sp³-hybridized carbons (Fsp3) is 0.565.